The summed E-state index contributed by atoms with van der Waals surface area (Å²) >= 11 is 6.32. The molecule has 0 saturated carbocycles. The van der Waals surface area contributed by atoms with Gasteiger partial charge >= 0.3 is 0 Å². The van der Waals surface area contributed by atoms with Crippen molar-refractivity contribution in [2.24, 2.45) is 5.92 Å². The van der Waals surface area contributed by atoms with Gasteiger partial charge in [-0.25, -0.2) is 13.1 Å². The van der Waals surface area contributed by atoms with Gasteiger partial charge in [-0.2, -0.15) is 0 Å². The third-order valence-electron chi connectivity index (χ3n) is 2.97. The predicted octanol–water partition coefficient (Wildman–Crippen LogP) is 3.57. The van der Waals surface area contributed by atoms with Gasteiger partial charge < -0.3 is 0 Å². The van der Waals surface area contributed by atoms with Crippen molar-refractivity contribution < 1.29 is 8.42 Å². The molecule has 0 fully saturated rings. The number of rotatable bonds is 8. The highest BCUT2D eigenvalue weighted by Gasteiger charge is 2.19. The molecule has 0 saturated heterocycles. The number of hydrogen-bond acceptors (Lipinski definition) is 2. The molecule has 1 rings (SSSR count). The van der Waals surface area contributed by atoms with Crippen molar-refractivity contribution in [3.63, 3.8) is 0 Å². The Morgan fingerprint density at radius 2 is 1.90 bits per heavy atom. The Morgan fingerprint density at radius 3 is 2.50 bits per heavy atom. The van der Waals surface area contributed by atoms with Crippen molar-refractivity contribution >= 4 is 21.6 Å². The van der Waals surface area contributed by atoms with Crippen LogP contribution in [0.25, 0.3) is 0 Å². The molecular formula is C15H24ClNO2S. The Balaban J connectivity index is 2.93. The van der Waals surface area contributed by atoms with E-state index in [-0.39, 0.29) is 5.38 Å². The molecule has 5 heteroatoms. The van der Waals surface area contributed by atoms with Gasteiger partial charge in [0.25, 0.3) is 0 Å². The summed E-state index contributed by atoms with van der Waals surface area (Å²) in [5.74, 6) is 0.500. The number of benzene rings is 1. The van der Waals surface area contributed by atoms with E-state index in [0.29, 0.717) is 23.8 Å². The van der Waals surface area contributed by atoms with E-state index in [2.05, 4.69) is 18.6 Å². The zero-order valence-electron chi connectivity index (χ0n) is 12.4. The van der Waals surface area contributed by atoms with Gasteiger partial charge in [0, 0.05) is 11.9 Å². The quantitative estimate of drug-likeness (QED) is 0.745. The molecule has 20 heavy (non-hydrogen) atoms. The van der Waals surface area contributed by atoms with Gasteiger partial charge in [-0.3, -0.25) is 0 Å². The average Bonchev–Trinajstić information content (AvgIpc) is 2.36. The highest BCUT2D eigenvalue weighted by Crippen LogP contribution is 2.21. The van der Waals surface area contributed by atoms with Gasteiger partial charge in [0.15, 0.2) is 0 Å². The standard InChI is InChI=1S/C15H24ClNO2S/c1-4-9-17-20(18,19)15-8-6-5-7-13(15)11-14(16)10-12(2)3/h5-8,12,14,17H,4,9-11H2,1-3H3. The fourth-order valence-electron chi connectivity index (χ4n) is 2.08. The summed E-state index contributed by atoms with van der Waals surface area (Å²) in [6, 6.07) is 7.09. The maximum absolute atomic E-state index is 12.3. The molecule has 1 aromatic rings. The summed E-state index contributed by atoms with van der Waals surface area (Å²) in [7, 11) is -3.44. The smallest absolute Gasteiger partial charge is 0.211 e. The Labute approximate surface area is 127 Å². The van der Waals surface area contributed by atoms with E-state index in [1.165, 1.54) is 0 Å². The lowest BCUT2D eigenvalue weighted by Crippen LogP contribution is -2.26. The van der Waals surface area contributed by atoms with Gasteiger partial charge in [-0.05, 0) is 36.8 Å². The topological polar surface area (TPSA) is 46.2 Å². The molecule has 0 spiro atoms. The molecule has 1 aromatic carbocycles. The molecule has 0 radical (unpaired) electrons. The molecular weight excluding hydrogens is 294 g/mol. The molecule has 1 unspecified atom stereocenters. The SMILES string of the molecule is CCCNS(=O)(=O)c1ccccc1CC(Cl)CC(C)C. The van der Waals surface area contributed by atoms with Crippen molar-refractivity contribution in [3.8, 4) is 0 Å². The second-order valence-electron chi connectivity index (χ2n) is 5.44. The average molecular weight is 318 g/mol. The molecule has 114 valence electrons. The predicted molar refractivity (Wildman–Crippen MR) is 84.7 cm³/mol. The summed E-state index contributed by atoms with van der Waals surface area (Å²) in [6.07, 6.45) is 2.22. The third-order valence-corrected chi connectivity index (χ3v) is 4.87. The first-order valence-electron chi connectivity index (χ1n) is 7.08. The molecule has 0 aromatic heterocycles. The lowest BCUT2D eigenvalue weighted by molar-refractivity contribution is 0.557. The Hall–Kier alpha value is -0.580. The fraction of sp³-hybridized carbons (Fsp3) is 0.600. The molecule has 0 amide bonds. The van der Waals surface area contributed by atoms with E-state index in [4.69, 9.17) is 11.6 Å². The molecule has 0 aliphatic heterocycles. The second kappa shape index (κ2) is 8.01. The lowest BCUT2D eigenvalue weighted by atomic mass is 10.0. The van der Waals surface area contributed by atoms with Crippen LogP contribution >= 0.6 is 11.6 Å². The highest BCUT2D eigenvalue weighted by molar-refractivity contribution is 7.89. The normalized spacial score (nSPS) is 13.7. The van der Waals surface area contributed by atoms with Crippen LogP contribution in [0.5, 0.6) is 0 Å². The number of sulfonamides is 1. The largest absolute Gasteiger partial charge is 0.240 e. The summed E-state index contributed by atoms with van der Waals surface area (Å²) in [5.41, 5.74) is 0.789. The number of halogens is 1. The van der Waals surface area contributed by atoms with Gasteiger partial charge in [-0.15, -0.1) is 11.6 Å². The highest BCUT2D eigenvalue weighted by atomic mass is 35.5. The first-order chi connectivity index (χ1) is 9.36. The summed E-state index contributed by atoms with van der Waals surface area (Å²) in [5, 5.41) is -0.0440. The first-order valence-corrected chi connectivity index (χ1v) is 9.00. The van der Waals surface area contributed by atoms with Gasteiger partial charge in [0.1, 0.15) is 0 Å². The van der Waals surface area contributed by atoms with Crippen LogP contribution in [0.2, 0.25) is 0 Å². The minimum absolute atomic E-state index is 0.0440. The molecule has 3 nitrogen and oxygen atoms in total. The van der Waals surface area contributed by atoms with E-state index < -0.39 is 10.0 Å². The van der Waals surface area contributed by atoms with Crippen LogP contribution < -0.4 is 4.72 Å². The monoisotopic (exact) mass is 317 g/mol. The van der Waals surface area contributed by atoms with Crippen LogP contribution in [0, 0.1) is 5.92 Å². The minimum Gasteiger partial charge on any atom is -0.211 e. The Bertz CT molecular complexity index is 514. The van der Waals surface area contributed by atoms with Crippen LogP contribution in [-0.4, -0.2) is 20.3 Å². The van der Waals surface area contributed by atoms with Crippen molar-refractivity contribution in [2.45, 2.75) is 50.3 Å². The van der Waals surface area contributed by atoms with Crippen LogP contribution in [0.3, 0.4) is 0 Å². The van der Waals surface area contributed by atoms with Crippen molar-refractivity contribution in [1.29, 1.82) is 0 Å². The van der Waals surface area contributed by atoms with Crippen molar-refractivity contribution in [2.75, 3.05) is 6.54 Å². The summed E-state index contributed by atoms with van der Waals surface area (Å²) in [6.45, 7) is 6.61. The minimum atomic E-state index is -3.44. The third kappa shape index (κ3) is 5.43. The van der Waals surface area contributed by atoms with E-state index in [1.807, 2.05) is 19.1 Å². The van der Waals surface area contributed by atoms with Crippen LogP contribution in [0.1, 0.15) is 39.2 Å². The maximum Gasteiger partial charge on any atom is 0.240 e. The Morgan fingerprint density at radius 1 is 1.25 bits per heavy atom. The molecule has 0 heterocycles. The van der Waals surface area contributed by atoms with Crippen LogP contribution in [0.15, 0.2) is 29.2 Å². The zero-order chi connectivity index (χ0) is 15.2. The molecule has 1 N–H and O–H groups in total. The van der Waals surface area contributed by atoms with Gasteiger partial charge in [0.2, 0.25) is 10.0 Å². The lowest BCUT2D eigenvalue weighted by Gasteiger charge is -2.15. The number of nitrogens with one attached hydrogen (secondary N) is 1. The van der Waals surface area contributed by atoms with E-state index in [1.54, 1.807) is 12.1 Å². The zero-order valence-corrected chi connectivity index (χ0v) is 14.0. The van der Waals surface area contributed by atoms with Crippen LogP contribution in [-0.2, 0) is 16.4 Å². The van der Waals surface area contributed by atoms with Gasteiger partial charge in [0.05, 0.1) is 4.90 Å². The summed E-state index contributed by atoms with van der Waals surface area (Å²) in [4.78, 5) is 0.350. The second-order valence-corrected chi connectivity index (χ2v) is 7.79. The van der Waals surface area contributed by atoms with Crippen LogP contribution in [0.4, 0.5) is 0 Å². The Kier molecular flexibility index (Phi) is 7.00. The van der Waals surface area contributed by atoms with E-state index >= 15 is 0 Å². The molecule has 1 atom stereocenters. The van der Waals surface area contributed by atoms with Crippen molar-refractivity contribution in [3.05, 3.63) is 29.8 Å². The number of alkyl halides is 1. The fourth-order valence-corrected chi connectivity index (χ4v) is 3.99. The van der Waals surface area contributed by atoms with E-state index in [0.717, 1.165) is 18.4 Å². The van der Waals surface area contributed by atoms with E-state index in [9.17, 15) is 8.42 Å². The molecule has 0 aliphatic rings. The molecule has 0 bridgehead atoms. The summed E-state index contributed by atoms with van der Waals surface area (Å²) < 4.78 is 27.1. The first kappa shape index (κ1) is 17.5. The number of hydrogen-bond donors (Lipinski definition) is 1. The molecule has 0 aliphatic carbocycles. The van der Waals surface area contributed by atoms with Crippen molar-refractivity contribution in [1.82, 2.24) is 4.72 Å². The maximum atomic E-state index is 12.3. The van der Waals surface area contributed by atoms with Gasteiger partial charge in [-0.1, -0.05) is 39.0 Å².